The lowest BCUT2D eigenvalue weighted by Crippen LogP contribution is -2.17. The van der Waals surface area contributed by atoms with Gasteiger partial charge in [-0.3, -0.25) is 9.59 Å². The first kappa shape index (κ1) is 17.0. The van der Waals surface area contributed by atoms with Crippen molar-refractivity contribution in [2.24, 2.45) is 5.73 Å². The number of aromatic amines is 1. The topological polar surface area (TPSA) is 94.4 Å². The molecule has 0 radical (unpaired) electrons. The van der Waals surface area contributed by atoms with Crippen LogP contribution in [0.4, 0.5) is 0 Å². The highest BCUT2D eigenvalue weighted by Crippen LogP contribution is 2.32. The summed E-state index contributed by atoms with van der Waals surface area (Å²) in [7, 11) is 2.69. The summed E-state index contributed by atoms with van der Waals surface area (Å²) in [5.74, 6) is -1.22. The maximum absolute atomic E-state index is 12.2. The maximum atomic E-state index is 12.2. The summed E-state index contributed by atoms with van der Waals surface area (Å²) in [5.41, 5.74) is 8.53. The molecule has 2 rings (SSSR count). The number of fused-ring (bicyclic) bond motifs is 1. The van der Waals surface area contributed by atoms with Crippen molar-refractivity contribution < 1.29 is 19.1 Å². The molecule has 6 nitrogen and oxygen atoms in total. The Morgan fingerprint density at radius 3 is 2.70 bits per heavy atom. The van der Waals surface area contributed by atoms with Crippen LogP contribution < -0.4 is 5.73 Å². The number of benzene rings is 1. The Kier molecular flexibility index (Phi) is 5.76. The predicted molar refractivity (Wildman–Crippen MR) is 87.1 cm³/mol. The number of ether oxygens (including phenoxy) is 2. The second-order valence-electron chi connectivity index (χ2n) is 5.31. The van der Waals surface area contributed by atoms with Crippen molar-refractivity contribution in [1.82, 2.24) is 4.98 Å². The van der Waals surface area contributed by atoms with E-state index in [-0.39, 0.29) is 18.4 Å². The van der Waals surface area contributed by atoms with Crippen LogP contribution in [-0.4, -0.2) is 37.7 Å². The number of esters is 2. The molecule has 0 amide bonds. The summed E-state index contributed by atoms with van der Waals surface area (Å²) in [5, 5.41) is 0.984. The van der Waals surface area contributed by atoms with E-state index in [4.69, 9.17) is 10.5 Å². The Labute approximate surface area is 134 Å². The van der Waals surface area contributed by atoms with Gasteiger partial charge in [0.25, 0.3) is 0 Å². The van der Waals surface area contributed by atoms with Crippen LogP contribution in [0.3, 0.4) is 0 Å². The highest BCUT2D eigenvalue weighted by Gasteiger charge is 2.25. The van der Waals surface area contributed by atoms with Crippen molar-refractivity contribution in [2.75, 3.05) is 20.8 Å². The SMILES string of the molecule is COC(=O)CCC(C(=O)OC)c1cccc2[nH]cc(CCN)c12. The fraction of sp³-hybridized carbons (Fsp3) is 0.412. The molecule has 1 unspecified atom stereocenters. The molecule has 3 N–H and O–H groups in total. The summed E-state index contributed by atoms with van der Waals surface area (Å²) in [6.45, 7) is 0.520. The van der Waals surface area contributed by atoms with Crippen molar-refractivity contribution in [2.45, 2.75) is 25.2 Å². The highest BCUT2D eigenvalue weighted by molar-refractivity contribution is 5.92. The monoisotopic (exact) mass is 318 g/mol. The van der Waals surface area contributed by atoms with Gasteiger partial charge in [-0.25, -0.2) is 0 Å². The molecule has 0 saturated carbocycles. The number of rotatable bonds is 7. The molecule has 0 aliphatic heterocycles. The molecule has 124 valence electrons. The molecule has 1 aromatic carbocycles. The molecular weight excluding hydrogens is 296 g/mol. The van der Waals surface area contributed by atoms with E-state index in [1.54, 1.807) is 0 Å². The van der Waals surface area contributed by atoms with E-state index in [0.717, 1.165) is 22.0 Å². The number of nitrogens with two attached hydrogens (primary N) is 1. The van der Waals surface area contributed by atoms with Crippen molar-refractivity contribution in [3.63, 3.8) is 0 Å². The van der Waals surface area contributed by atoms with Crippen LogP contribution in [0.5, 0.6) is 0 Å². The van der Waals surface area contributed by atoms with Gasteiger partial charge in [0.15, 0.2) is 0 Å². The van der Waals surface area contributed by atoms with Crippen LogP contribution in [0.2, 0.25) is 0 Å². The summed E-state index contributed by atoms with van der Waals surface area (Å²) >= 11 is 0. The standard InChI is InChI=1S/C17H22N2O4/c1-22-15(20)7-6-13(17(21)23-2)12-4-3-5-14-16(12)11(8-9-18)10-19-14/h3-5,10,13,19H,6-9,18H2,1-2H3. The molecule has 0 saturated heterocycles. The third-order valence-electron chi connectivity index (χ3n) is 3.96. The number of aromatic nitrogens is 1. The van der Waals surface area contributed by atoms with Crippen LogP contribution in [0, 0.1) is 0 Å². The normalized spacial score (nSPS) is 12.1. The van der Waals surface area contributed by atoms with E-state index >= 15 is 0 Å². The van der Waals surface area contributed by atoms with Gasteiger partial charge < -0.3 is 20.2 Å². The number of H-pyrrole nitrogens is 1. The van der Waals surface area contributed by atoms with E-state index in [0.29, 0.717) is 19.4 Å². The van der Waals surface area contributed by atoms with Gasteiger partial charge in [-0.15, -0.1) is 0 Å². The van der Waals surface area contributed by atoms with Gasteiger partial charge in [-0.1, -0.05) is 12.1 Å². The van der Waals surface area contributed by atoms with Gasteiger partial charge in [0.2, 0.25) is 0 Å². The number of carbonyl (C=O) groups is 2. The lowest BCUT2D eigenvalue weighted by atomic mass is 9.90. The third kappa shape index (κ3) is 3.71. The Morgan fingerprint density at radius 2 is 2.04 bits per heavy atom. The zero-order chi connectivity index (χ0) is 16.8. The summed E-state index contributed by atoms with van der Waals surface area (Å²) in [4.78, 5) is 26.9. The van der Waals surface area contributed by atoms with Crippen molar-refractivity contribution in [3.8, 4) is 0 Å². The molecule has 0 aliphatic rings. The smallest absolute Gasteiger partial charge is 0.313 e. The number of nitrogens with one attached hydrogen (secondary N) is 1. The number of hydrogen-bond donors (Lipinski definition) is 2. The van der Waals surface area contributed by atoms with Crippen molar-refractivity contribution in [1.29, 1.82) is 0 Å². The van der Waals surface area contributed by atoms with Gasteiger partial charge in [-0.05, 0) is 36.6 Å². The molecule has 6 heteroatoms. The Morgan fingerprint density at radius 1 is 1.26 bits per heavy atom. The molecule has 1 aromatic heterocycles. The third-order valence-corrected chi connectivity index (χ3v) is 3.96. The number of carbonyl (C=O) groups excluding carboxylic acids is 2. The van der Waals surface area contributed by atoms with Crippen molar-refractivity contribution >= 4 is 22.8 Å². The van der Waals surface area contributed by atoms with Crippen LogP contribution in [0.1, 0.15) is 29.9 Å². The zero-order valence-electron chi connectivity index (χ0n) is 13.4. The average molecular weight is 318 g/mol. The lowest BCUT2D eigenvalue weighted by molar-refractivity contribution is -0.143. The van der Waals surface area contributed by atoms with Crippen molar-refractivity contribution in [3.05, 3.63) is 35.5 Å². The van der Waals surface area contributed by atoms with Crippen LogP contribution in [0.15, 0.2) is 24.4 Å². The van der Waals surface area contributed by atoms with Gasteiger partial charge in [0.05, 0.1) is 20.1 Å². The minimum Gasteiger partial charge on any atom is -0.469 e. The Hall–Kier alpha value is -2.34. The quantitative estimate of drug-likeness (QED) is 0.760. The Balaban J connectivity index is 2.44. The van der Waals surface area contributed by atoms with E-state index in [9.17, 15) is 9.59 Å². The predicted octanol–water partition coefficient (Wildman–Crippen LogP) is 1.88. The van der Waals surface area contributed by atoms with E-state index in [1.165, 1.54) is 14.2 Å². The first-order chi connectivity index (χ1) is 11.1. The number of hydrogen-bond acceptors (Lipinski definition) is 5. The van der Waals surface area contributed by atoms with Gasteiger partial charge in [-0.2, -0.15) is 0 Å². The fourth-order valence-electron chi connectivity index (χ4n) is 2.84. The first-order valence-electron chi connectivity index (χ1n) is 7.56. The molecular formula is C17H22N2O4. The molecule has 1 heterocycles. The highest BCUT2D eigenvalue weighted by atomic mass is 16.5. The molecule has 2 aromatic rings. The molecule has 0 bridgehead atoms. The van der Waals surface area contributed by atoms with Crippen LogP contribution >= 0.6 is 0 Å². The molecule has 1 atom stereocenters. The molecule has 0 fully saturated rings. The zero-order valence-corrected chi connectivity index (χ0v) is 13.4. The number of methoxy groups -OCH3 is 2. The largest absolute Gasteiger partial charge is 0.469 e. The molecule has 0 spiro atoms. The minimum atomic E-state index is -0.518. The summed E-state index contributed by atoms with van der Waals surface area (Å²) < 4.78 is 9.60. The lowest BCUT2D eigenvalue weighted by Gasteiger charge is -2.16. The molecule has 0 aliphatic carbocycles. The van der Waals surface area contributed by atoms with E-state index < -0.39 is 5.92 Å². The van der Waals surface area contributed by atoms with Crippen LogP contribution in [-0.2, 0) is 25.5 Å². The van der Waals surface area contributed by atoms with E-state index in [2.05, 4.69) is 9.72 Å². The van der Waals surface area contributed by atoms with E-state index in [1.807, 2.05) is 24.4 Å². The maximum Gasteiger partial charge on any atom is 0.313 e. The van der Waals surface area contributed by atoms with Gasteiger partial charge in [0.1, 0.15) is 0 Å². The Bertz CT molecular complexity index is 693. The summed E-state index contributed by atoms with van der Waals surface area (Å²) in [6.07, 6.45) is 3.12. The first-order valence-corrected chi connectivity index (χ1v) is 7.56. The second-order valence-corrected chi connectivity index (χ2v) is 5.31. The van der Waals surface area contributed by atoms with Gasteiger partial charge >= 0.3 is 11.9 Å². The van der Waals surface area contributed by atoms with Crippen LogP contribution in [0.25, 0.3) is 10.9 Å². The minimum absolute atomic E-state index is 0.156. The fourth-order valence-corrected chi connectivity index (χ4v) is 2.84. The second kappa shape index (κ2) is 7.78. The summed E-state index contributed by atoms with van der Waals surface area (Å²) in [6, 6.07) is 5.73. The molecule has 23 heavy (non-hydrogen) atoms. The average Bonchev–Trinajstić information content (AvgIpc) is 2.98. The van der Waals surface area contributed by atoms with Gasteiger partial charge in [0, 0.05) is 23.5 Å².